The van der Waals surface area contributed by atoms with E-state index in [1.165, 1.54) is 43.7 Å². The van der Waals surface area contributed by atoms with Gasteiger partial charge in [-0.15, -0.1) is 0 Å². The summed E-state index contributed by atoms with van der Waals surface area (Å²) in [6.45, 7) is 0. The molecule has 0 fully saturated rings. The summed E-state index contributed by atoms with van der Waals surface area (Å²) >= 11 is 0. The molecular weight excluding hydrogens is 769 g/mol. The second-order valence-electron chi connectivity index (χ2n) is 16.0. The fourth-order valence-corrected chi connectivity index (χ4v) is 9.71. The van der Waals surface area contributed by atoms with Crippen LogP contribution in [0, 0.1) is 0 Å². The summed E-state index contributed by atoms with van der Waals surface area (Å²) < 4.78 is 7.13. The summed E-state index contributed by atoms with van der Waals surface area (Å²) in [5.41, 5.74) is 13.1. The Morgan fingerprint density at radius 2 is 0.683 bits per heavy atom. The van der Waals surface area contributed by atoms with Gasteiger partial charge >= 0.3 is 0 Å². The van der Waals surface area contributed by atoms with Gasteiger partial charge in [-0.2, -0.15) is 9.97 Å². The van der Waals surface area contributed by atoms with Crippen molar-refractivity contribution in [3.05, 3.63) is 218 Å². The fourth-order valence-electron chi connectivity index (χ4n) is 9.71. The molecule has 6 nitrogen and oxygen atoms in total. The second-order valence-corrected chi connectivity index (χ2v) is 16.0. The molecule has 0 saturated heterocycles. The number of para-hydroxylation sites is 3. The molecule has 0 saturated carbocycles. The maximum Gasteiger partial charge on any atom is 0.238 e. The molecule has 0 spiro atoms. The van der Waals surface area contributed by atoms with E-state index in [1.807, 2.05) is 60.7 Å². The zero-order valence-corrected chi connectivity index (χ0v) is 34.0. The third-order valence-corrected chi connectivity index (χ3v) is 12.5. The van der Waals surface area contributed by atoms with E-state index < -0.39 is 0 Å². The molecule has 6 heteroatoms. The minimum absolute atomic E-state index is 0.572. The van der Waals surface area contributed by atoms with Gasteiger partial charge in [-0.05, 0) is 59.7 Å². The minimum atomic E-state index is 0.572. The Balaban J connectivity index is 1.09. The van der Waals surface area contributed by atoms with Gasteiger partial charge in [-0.3, -0.25) is 4.57 Å². The van der Waals surface area contributed by atoms with E-state index >= 15 is 0 Å². The number of hydrogen-bond acceptors (Lipinski definition) is 3. The minimum Gasteiger partial charge on any atom is -0.307 e. The number of nitrogens with zero attached hydrogens (tertiary/aromatic N) is 6. The molecule has 13 aromatic rings. The molecule has 0 aliphatic carbocycles. The van der Waals surface area contributed by atoms with Crippen LogP contribution in [0.25, 0.3) is 117 Å². The van der Waals surface area contributed by atoms with Gasteiger partial charge in [0.05, 0.1) is 33.1 Å². The average Bonchev–Trinajstić information content (AvgIpc) is 4.00. The van der Waals surface area contributed by atoms with E-state index in [2.05, 4.69) is 171 Å². The number of benzene rings is 9. The Kier molecular flexibility index (Phi) is 7.80. The van der Waals surface area contributed by atoms with Crippen LogP contribution in [0.3, 0.4) is 0 Å². The van der Waals surface area contributed by atoms with Gasteiger partial charge in [0.25, 0.3) is 0 Å². The monoisotopic (exact) mass is 804 g/mol. The second kappa shape index (κ2) is 14.0. The van der Waals surface area contributed by atoms with E-state index in [0.29, 0.717) is 17.6 Å². The molecular formula is C57H36N6. The first kappa shape index (κ1) is 35.2. The zero-order chi connectivity index (χ0) is 41.4. The van der Waals surface area contributed by atoms with Crippen LogP contribution in [0.5, 0.6) is 0 Å². The Morgan fingerprint density at radius 3 is 1.24 bits per heavy atom. The molecule has 0 radical (unpaired) electrons. The van der Waals surface area contributed by atoms with Gasteiger partial charge in [-0.25, -0.2) is 4.98 Å². The molecule has 0 atom stereocenters. The highest BCUT2D eigenvalue weighted by Gasteiger charge is 2.23. The quantitative estimate of drug-likeness (QED) is 0.168. The average molecular weight is 805 g/mol. The molecule has 63 heavy (non-hydrogen) atoms. The highest BCUT2D eigenvalue weighted by Crippen LogP contribution is 2.43. The van der Waals surface area contributed by atoms with E-state index in [9.17, 15) is 0 Å². The summed E-state index contributed by atoms with van der Waals surface area (Å²) in [6.07, 6.45) is 0. The topological polar surface area (TPSA) is 53.5 Å². The Bertz CT molecular complexity index is 3840. The summed E-state index contributed by atoms with van der Waals surface area (Å²) in [5.74, 6) is 1.82. The van der Waals surface area contributed by atoms with Gasteiger partial charge in [0.1, 0.15) is 0 Å². The molecule has 0 amide bonds. The number of fused-ring (bicyclic) bond motifs is 10. The maximum absolute atomic E-state index is 5.18. The molecule has 0 aliphatic heterocycles. The standard InChI is InChI=1S/C57H36N6/c1-4-17-37(18-5-1)40-23-16-24-41(35-40)61-49-28-13-10-25-43(49)46-32-33-47-44-26-11-14-29-50(44)62(54(47)53(46)61)42-31-34-52-48(36-42)45-27-12-15-30-51(45)63(52)57-59-55(38-19-6-2-7-20-38)58-56(60-57)39-21-8-3-9-22-39/h1-36H. The summed E-state index contributed by atoms with van der Waals surface area (Å²) in [4.78, 5) is 15.4. The lowest BCUT2D eigenvalue weighted by atomic mass is 10.1. The smallest absolute Gasteiger partial charge is 0.238 e. The molecule has 13 rings (SSSR count). The summed E-state index contributed by atoms with van der Waals surface area (Å²) in [5, 5.41) is 7.07. The Morgan fingerprint density at radius 1 is 0.254 bits per heavy atom. The van der Waals surface area contributed by atoms with Gasteiger partial charge in [0, 0.05) is 54.8 Å². The van der Waals surface area contributed by atoms with Crippen LogP contribution in [-0.4, -0.2) is 28.7 Å². The summed E-state index contributed by atoms with van der Waals surface area (Å²) in [7, 11) is 0. The first-order valence-electron chi connectivity index (χ1n) is 21.3. The van der Waals surface area contributed by atoms with Crippen molar-refractivity contribution in [1.82, 2.24) is 28.7 Å². The molecule has 4 heterocycles. The lowest BCUT2D eigenvalue weighted by Crippen LogP contribution is -2.06. The van der Waals surface area contributed by atoms with E-state index in [4.69, 9.17) is 15.0 Å². The van der Waals surface area contributed by atoms with Gasteiger partial charge in [0.15, 0.2) is 11.6 Å². The van der Waals surface area contributed by atoms with Gasteiger partial charge in [-0.1, -0.05) is 170 Å². The zero-order valence-electron chi connectivity index (χ0n) is 34.0. The van der Waals surface area contributed by atoms with E-state index in [1.54, 1.807) is 0 Å². The lowest BCUT2D eigenvalue weighted by molar-refractivity contribution is 0.953. The fraction of sp³-hybridized carbons (Fsp3) is 0. The number of rotatable bonds is 6. The van der Waals surface area contributed by atoms with Crippen molar-refractivity contribution >= 4 is 65.4 Å². The normalized spacial score (nSPS) is 11.8. The van der Waals surface area contributed by atoms with Crippen LogP contribution in [0.15, 0.2) is 218 Å². The van der Waals surface area contributed by atoms with Crippen molar-refractivity contribution < 1.29 is 0 Å². The van der Waals surface area contributed by atoms with Crippen LogP contribution in [0.2, 0.25) is 0 Å². The first-order valence-corrected chi connectivity index (χ1v) is 21.3. The lowest BCUT2D eigenvalue weighted by Gasteiger charge is -2.14. The summed E-state index contributed by atoms with van der Waals surface area (Å²) in [6, 6.07) is 77.5. The van der Waals surface area contributed by atoms with Crippen molar-refractivity contribution in [2.45, 2.75) is 0 Å². The number of aromatic nitrogens is 6. The third-order valence-electron chi connectivity index (χ3n) is 12.5. The molecule has 0 bridgehead atoms. The predicted octanol–water partition coefficient (Wildman–Crippen LogP) is 14.2. The highest BCUT2D eigenvalue weighted by molar-refractivity contribution is 6.24. The first-order chi connectivity index (χ1) is 31.3. The van der Waals surface area contributed by atoms with Crippen LogP contribution in [-0.2, 0) is 0 Å². The van der Waals surface area contributed by atoms with Crippen LogP contribution >= 0.6 is 0 Å². The third kappa shape index (κ3) is 5.48. The molecule has 9 aromatic carbocycles. The van der Waals surface area contributed by atoms with E-state index in [0.717, 1.165) is 55.3 Å². The van der Waals surface area contributed by atoms with Crippen LogP contribution in [0.1, 0.15) is 0 Å². The molecule has 0 N–H and O–H groups in total. The van der Waals surface area contributed by atoms with Crippen molar-refractivity contribution in [1.29, 1.82) is 0 Å². The maximum atomic E-state index is 5.18. The van der Waals surface area contributed by atoms with Gasteiger partial charge < -0.3 is 9.13 Å². The van der Waals surface area contributed by atoms with Crippen LogP contribution < -0.4 is 0 Å². The van der Waals surface area contributed by atoms with Gasteiger partial charge in [0.2, 0.25) is 5.95 Å². The molecule has 4 aromatic heterocycles. The predicted molar refractivity (Wildman–Crippen MR) is 259 cm³/mol. The highest BCUT2D eigenvalue weighted by atomic mass is 15.2. The van der Waals surface area contributed by atoms with Crippen molar-refractivity contribution in [2.75, 3.05) is 0 Å². The Labute approximate surface area is 362 Å². The largest absolute Gasteiger partial charge is 0.307 e. The van der Waals surface area contributed by atoms with Crippen LogP contribution in [0.4, 0.5) is 0 Å². The molecule has 294 valence electrons. The van der Waals surface area contributed by atoms with E-state index in [-0.39, 0.29) is 0 Å². The molecule has 0 unspecified atom stereocenters. The molecule has 0 aliphatic rings. The Hall–Kier alpha value is -8.61. The van der Waals surface area contributed by atoms with Crippen molar-refractivity contribution in [3.63, 3.8) is 0 Å². The van der Waals surface area contributed by atoms with Crippen molar-refractivity contribution in [2.24, 2.45) is 0 Å². The number of hydrogen-bond donors (Lipinski definition) is 0. The SMILES string of the molecule is c1ccc(-c2cccc(-n3c4ccccc4c4ccc5c6ccccc6n(-c6ccc7c(c6)c6ccccc6n7-c6nc(-c7ccccc7)nc(-c7ccccc7)n6)c5c43)c2)cc1. The van der Waals surface area contributed by atoms with Crippen molar-refractivity contribution in [3.8, 4) is 51.2 Å².